The fraction of sp³-hybridized carbons (Fsp3) is 0.318. The predicted molar refractivity (Wildman–Crippen MR) is 101 cm³/mol. The van der Waals surface area contributed by atoms with Crippen molar-refractivity contribution in [2.75, 3.05) is 19.6 Å². The summed E-state index contributed by atoms with van der Waals surface area (Å²) >= 11 is 0. The largest absolute Gasteiger partial charge is 0.350 e. The molecular formula is C22H24N2O. The molecule has 2 aromatic rings. The minimum absolute atomic E-state index is 0.00878. The van der Waals surface area contributed by atoms with Gasteiger partial charge in [-0.05, 0) is 62.3 Å². The van der Waals surface area contributed by atoms with Crippen LogP contribution < -0.4 is 5.32 Å². The molecule has 3 rings (SSSR count). The topological polar surface area (TPSA) is 32.3 Å². The number of nitrogens with one attached hydrogen (secondary N) is 1. The summed E-state index contributed by atoms with van der Waals surface area (Å²) in [7, 11) is 0. The Labute approximate surface area is 150 Å². The van der Waals surface area contributed by atoms with Crippen LogP contribution in [-0.2, 0) is 0 Å². The molecule has 3 nitrogen and oxygen atoms in total. The van der Waals surface area contributed by atoms with Crippen molar-refractivity contribution in [3.8, 4) is 11.8 Å². The van der Waals surface area contributed by atoms with Gasteiger partial charge in [-0.1, -0.05) is 37.0 Å². The molecule has 1 unspecified atom stereocenters. The molecule has 1 N–H and O–H groups in total. The van der Waals surface area contributed by atoms with Gasteiger partial charge in [0.05, 0.1) is 0 Å². The number of benzene rings is 2. The highest BCUT2D eigenvalue weighted by Gasteiger charge is 2.23. The Morgan fingerprint density at radius 2 is 1.76 bits per heavy atom. The van der Waals surface area contributed by atoms with E-state index in [-0.39, 0.29) is 5.91 Å². The molecule has 3 heteroatoms. The molecule has 128 valence electrons. The van der Waals surface area contributed by atoms with Crippen molar-refractivity contribution in [2.45, 2.75) is 25.8 Å². The average molecular weight is 332 g/mol. The van der Waals surface area contributed by atoms with Crippen LogP contribution in [0.2, 0.25) is 0 Å². The van der Waals surface area contributed by atoms with Crippen molar-refractivity contribution in [2.24, 2.45) is 0 Å². The zero-order chi connectivity index (χ0) is 17.5. The lowest BCUT2D eigenvalue weighted by Crippen LogP contribution is -2.40. The van der Waals surface area contributed by atoms with Crippen molar-refractivity contribution in [3.05, 3.63) is 71.3 Å². The first-order valence-electron chi connectivity index (χ1n) is 8.95. The highest BCUT2D eigenvalue weighted by molar-refractivity contribution is 5.94. The van der Waals surface area contributed by atoms with E-state index in [1.54, 1.807) is 0 Å². The number of nitrogens with zero attached hydrogens (tertiary/aromatic N) is 1. The fourth-order valence-corrected chi connectivity index (χ4v) is 3.23. The number of hydrogen-bond acceptors (Lipinski definition) is 2. The van der Waals surface area contributed by atoms with Crippen molar-refractivity contribution in [1.29, 1.82) is 0 Å². The van der Waals surface area contributed by atoms with Crippen molar-refractivity contribution < 1.29 is 4.79 Å². The predicted octanol–water partition coefficient (Wildman–Crippen LogP) is 3.30. The SMILES string of the molecule is CCN1CCCC1CNC(=O)c1ccc(C#Cc2ccccc2)cc1. The Morgan fingerprint density at radius 3 is 2.44 bits per heavy atom. The highest BCUT2D eigenvalue weighted by atomic mass is 16.1. The molecule has 1 heterocycles. The molecule has 1 amide bonds. The number of likely N-dealkylation sites (tertiary alicyclic amines) is 1. The van der Waals surface area contributed by atoms with Crippen LogP contribution in [0.4, 0.5) is 0 Å². The number of carbonyl (C=O) groups excluding carboxylic acids is 1. The molecule has 0 aromatic heterocycles. The van der Waals surface area contributed by atoms with E-state index in [4.69, 9.17) is 0 Å². The van der Waals surface area contributed by atoms with Crippen LogP contribution in [-0.4, -0.2) is 36.5 Å². The van der Waals surface area contributed by atoms with Crippen molar-refractivity contribution in [3.63, 3.8) is 0 Å². The summed E-state index contributed by atoms with van der Waals surface area (Å²) < 4.78 is 0. The van der Waals surface area contributed by atoms with Gasteiger partial charge >= 0.3 is 0 Å². The third-order valence-corrected chi connectivity index (χ3v) is 4.68. The lowest BCUT2D eigenvalue weighted by Gasteiger charge is -2.22. The summed E-state index contributed by atoms with van der Waals surface area (Å²) in [6.07, 6.45) is 2.39. The summed E-state index contributed by atoms with van der Waals surface area (Å²) in [5, 5.41) is 3.07. The monoisotopic (exact) mass is 332 g/mol. The van der Waals surface area contributed by atoms with Crippen molar-refractivity contribution >= 4 is 5.91 Å². The van der Waals surface area contributed by atoms with Crippen LogP contribution in [0, 0.1) is 11.8 Å². The van der Waals surface area contributed by atoms with Crippen LogP contribution in [0.5, 0.6) is 0 Å². The van der Waals surface area contributed by atoms with Crippen LogP contribution >= 0.6 is 0 Å². The molecule has 0 radical (unpaired) electrons. The van der Waals surface area contributed by atoms with Gasteiger partial charge in [-0.3, -0.25) is 9.69 Å². The van der Waals surface area contributed by atoms with Crippen LogP contribution in [0.25, 0.3) is 0 Å². The van der Waals surface area contributed by atoms with E-state index in [2.05, 4.69) is 29.0 Å². The van der Waals surface area contributed by atoms with Gasteiger partial charge < -0.3 is 5.32 Å². The van der Waals surface area contributed by atoms with E-state index < -0.39 is 0 Å². The number of carbonyl (C=O) groups is 1. The molecule has 25 heavy (non-hydrogen) atoms. The van der Waals surface area contributed by atoms with Gasteiger partial charge in [0, 0.05) is 29.3 Å². The van der Waals surface area contributed by atoms with Gasteiger partial charge in [0.15, 0.2) is 0 Å². The molecule has 0 aliphatic carbocycles. The quantitative estimate of drug-likeness (QED) is 0.871. The Hall–Kier alpha value is -2.57. The molecule has 0 spiro atoms. The summed E-state index contributed by atoms with van der Waals surface area (Å²) in [4.78, 5) is 14.8. The first-order chi connectivity index (χ1) is 12.3. The Kier molecular flexibility index (Phi) is 5.87. The van der Waals surface area contributed by atoms with Gasteiger partial charge in [0.1, 0.15) is 0 Å². The summed E-state index contributed by atoms with van der Waals surface area (Å²) in [5.41, 5.74) is 2.58. The Bertz CT molecular complexity index is 756. The zero-order valence-electron chi connectivity index (χ0n) is 14.7. The average Bonchev–Trinajstić information content (AvgIpc) is 3.13. The third kappa shape index (κ3) is 4.71. The molecule has 1 atom stereocenters. The van der Waals surface area contributed by atoms with E-state index >= 15 is 0 Å². The van der Waals surface area contributed by atoms with Gasteiger partial charge in [0.2, 0.25) is 0 Å². The molecule has 1 fully saturated rings. The standard InChI is InChI=1S/C22H24N2O/c1-2-24-16-6-9-21(24)17-23-22(25)20-14-12-19(13-15-20)11-10-18-7-4-3-5-8-18/h3-5,7-8,12-15,21H,2,6,9,16-17H2,1H3,(H,23,25). The van der Waals surface area contributed by atoms with E-state index in [0.29, 0.717) is 11.6 Å². The molecule has 0 saturated carbocycles. The smallest absolute Gasteiger partial charge is 0.251 e. The number of likely N-dealkylation sites (N-methyl/N-ethyl adjacent to an activating group) is 1. The molecular weight excluding hydrogens is 308 g/mol. The third-order valence-electron chi connectivity index (χ3n) is 4.68. The maximum atomic E-state index is 12.3. The van der Waals surface area contributed by atoms with E-state index in [9.17, 15) is 4.79 Å². The number of amides is 1. The summed E-state index contributed by atoms with van der Waals surface area (Å²) in [5.74, 6) is 6.25. The van der Waals surface area contributed by atoms with Crippen molar-refractivity contribution in [1.82, 2.24) is 10.2 Å². The lowest BCUT2D eigenvalue weighted by atomic mass is 10.1. The summed E-state index contributed by atoms with van der Waals surface area (Å²) in [6, 6.07) is 17.9. The number of hydrogen-bond donors (Lipinski definition) is 1. The second kappa shape index (κ2) is 8.50. The molecule has 1 saturated heterocycles. The first-order valence-corrected chi connectivity index (χ1v) is 8.95. The minimum Gasteiger partial charge on any atom is -0.350 e. The van der Waals surface area contributed by atoms with Crippen LogP contribution in [0.15, 0.2) is 54.6 Å². The number of rotatable bonds is 4. The van der Waals surface area contributed by atoms with Gasteiger partial charge in [-0.2, -0.15) is 0 Å². The van der Waals surface area contributed by atoms with E-state index in [1.165, 1.54) is 12.8 Å². The molecule has 1 aliphatic heterocycles. The van der Waals surface area contributed by atoms with Crippen LogP contribution in [0.1, 0.15) is 41.3 Å². The normalized spacial score (nSPS) is 16.9. The first kappa shape index (κ1) is 17.3. The van der Waals surface area contributed by atoms with Gasteiger partial charge in [-0.25, -0.2) is 0 Å². The highest BCUT2D eigenvalue weighted by Crippen LogP contribution is 2.15. The van der Waals surface area contributed by atoms with Gasteiger partial charge in [0.25, 0.3) is 5.91 Å². The zero-order valence-corrected chi connectivity index (χ0v) is 14.7. The van der Waals surface area contributed by atoms with Crippen LogP contribution in [0.3, 0.4) is 0 Å². The second-order valence-electron chi connectivity index (χ2n) is 6.33. The Morgan fingerprint density at radius 1 is 1.08 bits per heavy atom. The Balaban J connectivity index is 1.56. The minimum atomic E-state index is -0.00878. The molecule has 1 aliphatic rings. The molecule has 2 aromatic carbocycles. The maximum absolute atomic E-state index is 12.3. The van der Waals surface area contributed by atoms with Gasteiger partial charge in [-0.15, -0.1) is 0 Å². The van der Waals surface area contributed by atoms with E-state index in [0.717, 1.165) is 30.8 Å². The maximum Gasteiger partial charge on any atom is 0.251 e. The summed E-state index contributed by atoms with van der Waals surface area (Å²) in [6.45, 7) is 5.10. The molecule has 0 bridgehead atoms. The second-order valence-corrected chi connectivity index (χ2v) is 6.33. The lowest BCUT2D eigenvalue weighted by molar-refractivity contribution is 0.0941. The van der Waals surface area contributed by atoms with E-state index in [1.807, 2.05) is 54.6 Å². The fourth-order valence-electron chi connectivity index (χ4n) is 3.23.